The number of amides is 1. The van der Waals surface area contributed by atoms with Crippen LogP contribution in [0.5, 0.6) is 0 Å². The Balaban J connectivity index is 1.86. The van der Waals surface area contributed by atoms with Crippen molar-refractivity contribution < 1.29 is 4.79 Å². The number of hydrogen-bond acceptors (Lipinski definition) is 3. The lowest BCUT2D eigenvalue weighted by Crippen LogP contribution is -2.51. The molecule has 0 bridgehead atoms. The largest absolute Gasteiger partial charge is 0.354 e. The highest BCUT2D eigenvalue weighted by molar-refractivity contribution is 5.78. The maximum absolute atomic E-state index is 12.1. The summed E-state index contributed by atoms with van der Waals surface area (Å²) < 4.78 is 0. The molecule has 1 aromatic carbocycles. The van der Waals surface area contributed by atoms with Gasteiger partial charge in [-0.25, -0.2) is 0 Å². The second-order valence-corrected chi connectivity index (χ2v) is 6.30. The first-order chi connectivity index (χ1) is 10.1. The Morgan fingerprint density at radius 1 is 1.19 bits per heavy atom. The second-order valence-electron chi connectivity index (χ2n) is 6.30. The van der Waals surface area contributed by atoms with Gasteiger partial charge in [0.2, 0.25) is 5.91 Å². The van der Waals surface area contributed by atoms with E-state index >= 15 is 0 Å². The Hall–Kier alpha value is -1.39. The van der Waals surface area contributed by atoms with Crippen LogP contribution in [-0.4, -0.2) is 37.0 Å². The molecule has 0 spiro atoms. The summed E-state index contributed by atoms with van der Waals surface area (Å²) in [5, 5.41) is 3.12. The second kappa shape index (κ2) is 7.05. The molecule has 116 valence electrons. The Bertz CT molecular complexity index is 461. The maximum Gasteiger partial charge on any atom is 0.224 e. The zero-order valence-corrected chi connectivity index (χ0v) is 13.2. The van der Waals surface area contributed by atoms with Gasteiger partial charge in [-0.3, -0.25) is 4.79 Å². The molecule has 0 unspecified atom stereocenters. The van der Waals surface area contributed by atoms with Gasteiger partial charge in [0.25, 0.3) is 0 Å². The van der Waals surface area contributed by atoms with Gasteiger partial charge >= 0.3 is 0 Å². The van der Waals surface area contributed by atoms with Gasteiger partial charge in [-0.15, -0.1) is 0 Å². The molecule has 0 heterocycles. The van der Waals surface area contributed by atoms with Gasteiger partial charge in [0, 0.05) is 18.6 Å². The fourth-order valence-electron chi connectivity index (χ4n) is 3.12. The number of likely N-dealkylation sites (N-methyl/N-ethyl adjacent to an activating group) is 1. The maximum atomic E-state index is 12.1. The number of carbonyl (C=O) groups is 1. The summed E-state index contributed by atoms with van der Waals surface area (Å²) in [5.41, 5.74) is 7.86. The zero-order chi connectivity index (χ0) is 15.3. The lowest BCUT2D eigenvalue weighted by atomic mass is 9.96. The average Bonchev–Trinajstić information content (AvgIpc) is 2.96. The molecule has 0 aliphatic heterocycles. The Morgan fingerprint density at radius 2 is 1.76 bits per heavy atom. The van der Waals surface area contributed by atoms with Crippen LogP contribution in [0.2, 0.25) is 0 Å². The molecule has 1 aromatic rings. The molecule has 3 N–H and O–H groups in total. The van der Waals surface area contributed by atoms with E-state index in [4.69, 9.17) is 5.73 Å². The van der Waals surface area contributed by atoms with Crippen LogP contribution in [0.25, 0.3) is 0 Å². The lowest BCUT2D eigenvalue weighted by Gasteiger charge is -2.36. The van der Waals surface area contributed by atoms with E-state index in [9.17, 15) is 4.79 Å². The fraction of sp³-hybridized carbons (Fsp3) is 0.588. The van der Waals surface area contributed by atoms with E-state index < -0.39 is 0 Å². The molecular formula is C17H27N3O. The van der Waals surface area contributed by atoms with Crippen LogP contribution in [0.3, 0.4) is 0 Å². The van der Waals surface area contributed by atoms with Gasteiger partial charge in [0.1, 0.15) is 0 Å². The van der Waals surface area contributed by atoms with E-state index in [1.165, 1.54) is 25.7 Å². The molecule has 4 heteroatoms. The molecule has 0 radical (unpaired) electrons. The third kappa shape index (κ3) is 4.05. The van der Waals surface area contributed by atoms with Crippen molar-refractivity contribution >= 4 is 5.91 Å². The number of nitrogens with two attached hydrogens (primary N) is 1. The van der Waals surface area contributed by atoms with E-state index in [1.807, 2.05) is 24.3 Å². The summed E-state index contributed by atoms with van der Waals surface area (Å²) in [7, 11) is 4.23. The molecule has 2 rings (SSSR count). The summed E-state index contributed by atoms with van der Waals surface area (Å²) in [4.78, 5) is 14.4. The van der Waals surface area contributed by atoms with Gasteiger partial charge in [0.05, 0.1) is 6.42 Å². The molecule has 1 saturated carbocycles. The topological polar surface area (TPSA) is 58.4 Å². The predicted molar refractivity (Wildman–Crippen MR) is 85.9 cm³/mol. The normalized spacial score (nSPS) is 17.1. The third-order valence-corrected chi connectivity index (χ3v) is 4.72. The van der Waals surface area contributed by atoms with Crippen LogP contribution >= 0.6 is 0 Å². The molecule has 1 fully saturated rings. The first-order valence-corrected chi connectivity index (χ1v) is 7.78. The van der Waals surface area contributed by atoms with Crippen molar-refractivity contribution in [3.63, 3.8) is 0 Å². The van der Waals surface area contributed by atoms with E-state index in [-0.39, 0.29) is 11.4 Å². The monoisotopic (exact) mass is 289 g/mol. The van der Waals surface area contributed by atoms with Crippen molar-refractivity contribution in [2.24, 2.45) is 5.73 Å². The van der Waals surface area contributed by atoms with Gasteiger partial charge in [-0.05, 0) is 38.1 Å². The van der Waals surface area contributed by atoms with Crippen LogP contribution in [-0.2, 0) is 17.8 Å². The van der Waals surface area contributed by atoms with Gasteiger partial charge in [-0.2, -0.15) is 0 Å². The molecule has 0 aromatic heterocycles. The van der Waals surface area contributed by atoms with Crippen LogP contribution in [0.15, 0.2) is 24.3 Å². The van der Waals surface area contributed by atoms with E-state index in [0.29, 0.717) is 13.0 Å². The van der Waals surface area contributed by atoms with Gasteiger partial charge in [-0.1, -0.05) is 37.1 Å². The van der Waals surface area contributed by atoms with E-state index in [0.717, 1.165) is 17.7 Å². The molecule has 1 aliphatic carbocycles. The highest BCUT2D eigenvalue weighted by Crippen LogP contribution is 2.33. The summed E-state index contributed by atoms with van der Waals surface area (Å²) in [6.45, 7) is 1.29. The Morgan fingerprint density at radius 3 is 2.29 bits per heavy atom. The number of nitrogens with zero attached hydrogens (tertiary/aromatic N) is 1. The van der Waals surface area contributed by atoms with Gasteiger partial charge in [0.15, 0.2) is 0 Å². The molecule has 1 aliphatic rings. The van der Waals surface area contributed by atoms with Crippen molar-refractivity contribution in [1.82, 2.24) is 10.2 Å². The zero-order valence-electron chi connectivity index (χ0n) is 13.2. The number of benzene rings is 1. The number of nitrogens with one attached hydrogen (secondary N) is 1. The molecule has 0 atom stereocenters. The number of carbonyl (C=O) groups excluding carboxylic acids is 1. The van der Waals surface area contributed by atoms with Crippen molar-refractivity contribution in [3.8, 4) is 0 Å². The van der Waals surface area contributed by atoms with Crippen LogP contribution in [0.4, 0.5) is 0 Å². The SMILES string of the molecule is CN(C)C1(CNC(=O)Cc2ccc(CN)cc2)CCCC1. The Kier molecular flexibility index (Phi) is 5.37. The van der Waals surface area contributed by atoms with E-state index in [2.05, 4.69) is 24.3 Å². The number of rotatable bonds is 6. The van der Waals surface area contributed by atoms with E-state index in [1.54, 1.807) is 0 Å². The third-order valence-electron chi connectivity index (χ3n) is 4.72. The highest BCUT2D eigenvalue weighted by atomic mass is 16.1. The average molecular weight is 289 g/mol. The predicted octanol–water partition coefficient (Wildman–Crippen LogP) is 1.68. The minimum Gasteiger partial charge on any atom is -0.354 e. The number of hydrogen-bond donors (Lipinski definition) is 2. The van der Waals surface area contributed by atoms with Crippen molar-refractivity contribution in [2.75, 3.05) is 20.6 Å². The molecule has 21 heavy (non-hydrogen) atoms. The quantitative estimate of drug-likeness (QED) is 0.837. The lowest BCUT2D eigenvalue weighted by molar-refractivity contribution is -0.121. The summed E-state index contributed by atoms with van der Waals surface area (Å²) in [6, 6.07) is 7.94. The minimum absolute atomic E-state index is 0.101. The van der Waals surface area contributed by atoms with Crippen LogP contribution in [0, 0.1) is 0 Å². The first-order valence-electron chi connectivity index (χ1n) is 7.78. The molecule has 0 saturated heterocycles. The van der Waals surface area contributed by atoms with Crippen LogP contribution < -0.4 is 11.1 Å². The first kappa shape index (κ1) is 16.0. The molecule has 1 amide bonds. The summed E-state index contributed by atoms with van der Waals surface area (Å²) >= 11 is 0. The fourth-order valence-corrected chi connectivity index (χ4v) is 3.12. The van der Waals surface area contributed by atoms with Crippen molar-refractivity contribution in [3.05, 3.63) is 35.4 Å². The standard InChI is InChI=1S/C17H27N3O/c1-20(2)17(9-3-4-10-17)13-19-16(21)11-14-5-7-15(12-18)8-6-14/h5-8H,3-4,9-13,18H2,1-2H3,(H,19,21). The molecule has 4 nitrogen and oxygen atoms in total. The summed E-state index contributed by atoms with van der Waals surface area (Å²) in [6.07, 6.45) is 5.30. The Labute approximate surface area is 127 Å². The van der Waals surface area contributed by atoms with Gasteiger partial charge < -0.3 is 16.0 Å². The minimum atomic E-state index is 0.101. The van der Waals surface area contributed by atoms with Crippen LogP contribution in [0.1, 0.15) is 36.8 Å². The van der Waals surface area contributed by atoms with Crippen molar-refractivity contribution in [1.29, 1.82) is 0 Å². The summed E-state index contributed by atoms with van der Waals surface area (Å²) in [5.74, 6) is 0.101. The smallest absolute Gasteiger partial charge is 0.224 e. The molecular weight excluding hydrogens is 262 g/mol. The highest BCUT2D eigenvalue weighted by Gasteiger charge is 2.35. The van der Waals surface area contributed by atoms with Crippen molar-refractivity contribution in [2.45, 2.75) is 44.2 Å².